The molecular formula is C21H21N7S. The molecule has 0 unspecified atom stereocenters. The normalized spacial score (nSPS) is 15.0. The highest BCUT2D eigenvalue weighted by molar-refractivity contribution is 7.19. The minimum absolute atomic E-state index is 0.733. The van der Waals surface area contributed by atoms with E-state index in [2.05, 4.69) is 25.1 Å². The van der Waals surface area contributed by atoms with E-state index in [1.165, 1.54) is 28.7 Å². The van der Waals surface area contributed by atoms with Crippen LogP contribution >= 0.6 is 11.3 Å². The number of aromatic nitrogens is 6. The molecule has 0 saturated carbocycles. The fraction of sp³-hybridized carbons (Fsp3) is 0.381. The van der Waals surface area contributed by atoms with E-state index in [-0.39, 0.29) is 0 Å². The molecule has 4 aromatic heterocycles. The second kappa shape index (κ2) is 6.88. The van der Waals surface area contributed by atoms with Crippen molar-refractivity contribution >= 4 is 27.4 Å². The van der Waals surface area contributed by atoms with E-state index in [4.69, 9.17) is 9.97 Å². The lowest BCUT2D eigenvalue weighted by Crippen LogP contribution is -2.11. The Labute approximate surface area is 172 Å². The van der Waals surface area contributed by atoms with Crippen molar-refractivity contribution in [3.8, 4) is 11.4 Å². The van der Waals surface area contributed by atoms with E-state index in [0.717, 1.165) is 72.5 Å². The molecule has 8 heteroatoms. The number of fused-ring (bicyclic) bond motifs is 4. The lowest BCUT2D eigenvalue weighted by atomic mass is 10.1. The van der Waals surface area contributed by atoms with Crippen LogP contribution in [-0.2, 0) is 32.2 Å². The molecule has 0 bridgehead atoms. The zero-order valence-corrected chi connectivity index (χ0v) is 16.9. The van der Waals surface area contributed by atoms with Gasteiger partial charge in [0.25, 0.3) is 0 Å². The molecule has 29 heavy (non-hydrogen) atoms. The lowest BCUT2D eigenvalue weighted by molar-refractivity contribution is 0.687. The maximum absolute atomic E-state index is 4.91. The van der Waals surface area contributed by atoms with E-state index < -0.39 is 0 Å². The zero-order chi connectivity index (χ0) is 19.2. The Morgan fingerprint density at radius 3 is 3.03 bits per heavy atom. The van der Waals surface area contributed by atoms with Gasteiger partial charge < -0.3 is 9.88 Å². The molecule has 1 aliphatic heterocycles. The highest BCUT2D eigenvalue weighted by Gasteiger charge is 2.23. The number of aryl methyl sites for hydroxylation is 3. The molecule has 0 saturated heterocycles. The number of thiophene rings is 1. The van der Waals surface area contributed by atoms with E-state index in [1.54, 1.807) is 6.20 Å². The van der Waals surface area contributed by atoms with Crippen molar-refractivity contribution in [1.29, 1.82) is 0 Å². The van der Waals surface area contributed by atoms with Crippen LogP contribution in [0.25, 0.3) is 21.6 Å². The largest absolute Gasteiger partial charge is 0.369 e. The molecule has 5 heterocycles. The Balaban J connectivity index is 1.34. The van der Waals surface area contributed by atoms with Crippen LogP contribution in [0.2, 0.25) is 0 Å². The summed E-state index contributed by atoms with van der Waals surface area (Å²) in [5.41, 5.74) is 2.38. The molecule has 0 amide bonds. The molecule has 0 atom stereocenters. The zero-order valence-electron chi connectivity index (χ0n) is 16.1. The van der Waals surface area contributed by atoms with Gasteiger partial charge in [-0.2, -0.15) is 0 Å². The highest BCUT2D eigenvalue weighted by Crippen LogP contribution is 2.40. The Bertz CT molecular complexity index is 1190. The first kappa shape index (κ1) is 17.0. The summed E-state index contributed by atoms with van der Waals surface area (Å²) in [5.74, 6) is 3.86. The van der Waals surface area contributed by atoms with Crippen molar-refractivity contribution in [1.82, 2.24) is 29.7 Å². The first-order valence-electron chi connectivity index (χ1n) is 10.2. The summed E-state index contributed by atoms with van der Waals surface area (Å²) in [6, 6.07) is 3.94. The van der Waals surface area contributed by atoms with Gasteiger partial charge in [0.2, 0.25) is 0 Å². The monoisotopic (exact) mass is 403 g/mol. The Hall–Kier alpha value is -2.87. The van der Waals surface area contributed by atoms with Gasteiger partial charge in [0.05, 0.1) is 5.39 Å². The second-order valence-electron chi connectivity index (χ2n) is 7.64. The Kier molecular flexibility index (Phi) is 4.04. The number of anilines is 1. The standard InChI is InChI=1S/C21H21N7S/c1-5-14-15(6-1)29-21-18(14)20(24-19(25-21)13-4-2-9-22-12-13)23-10-8-17-27-26-16-7-3-11-28(16)17/h2,4,9,12H,1,3,5-8,10-11H2,(H,23,24,25). The van der Waals surface area contributed by atoms with E-state index >= 15 is 0 Å². The van der Waals surface area contributed by atoms with Crippen LogP contribution in [0.4, 0.5) is 5.82 Å². The summed E-state index contributed by atoms with van der Waals surface area (Å²) >= 11 is 1.82. The molecule has 6 rings (SSSR count). The fourth-order valence-corrected chi connectivity index (χ4v) is 5.70. The van der Waals surface area contributed by atoms with Gasteiger partial charge in [0, 0.05) is 48.8 Å². The van der Waals surface area contributed by atoms with Gasteiger partial charge in [0.15, 0.2) is 5.82 Å². The third-order valence-corrected chi connectivity index (χ3v) is 7.00. The van der Waals surface area contributed by atoms with Gasteiger partial charge in [0.1, 0.15) is 22.3 Å². The average molecular weight is 404 g/mol. The van der Waals surface area contributed by atoms with Gasteiger partial charge in [-0.15, -0.1) is 21.5 Å². The van der Waals surface area contributed by atoms with Crippen molar-refractivity contribution in [3.05, 3.63) is 46.6 Å². The molecule has 1 aliphatic carbocycles. The molecule has 2 aliphatic rings. The summed E-state index contributed by atoms with van der Waals surface area (Å²) in [4.78, 5) is 16.6. The van der Waals surface area contributed by atoms with Crippen molar-refractivity contribution in [2.24, 2.45) is 0 Å². The fourth-order valence-electron chi connectivity index (χ4n) is 4.44. The summed E-state index contributed by atoms with van der Waals surface area (Å²) < 4.78 is 2.26. The van der Waals surface area contributed by atoms with Crippen LogP contribution in [0.3, 0.4) is 0 Å². The first-order chi connectivity index (χ1) is 14.4. The van der Waals surface area contributed by atoms with Crippen molar-refractivity contribution in [2.45, 2.75) is 45.1 Å². The van der Waals surface area contributed by atoms with Crippen molar-refractivity contribution < 1.29 is 0 Å². The van der Waals surface area contributed by atoms with Crippen molar-refractivity contribution in [3.63, 3.8) is 0 Å². The predicted octanol–water partition coefficient (Wildman–Crippen LogP) is 3.43. The number of nitrogens with one attached hydrogen (secondary N) is 1. The van der Waals surface area contributed by atoms with E-state index in [1.807, 2.05) is 29.7 Å². The minimum Gasteiger partial charge on any atom is -0.369 e. The van der Waals surface area contributed by atoms with Crippen LogP contribution in [-0.4, -0.2) is 36.3 Å². The predicted molar refractivity (Wildman–Crippen MR) is 113 cm³/mol. The second-order valence-corrected chi connectivity index (χ2v) is 8.72. The van der Waals surface area contributed by atoms with Gasteiger partial charge in [-0.05, 0) is 43.4 Å². The van der Waals surface area contributed by atoms with E-state index in [9.17, 15) is 0 Å². The number of rotatable bonds is 5. The molecule has 4 aromatic rings. The van der Waals surface area contributed by atoms with Gasteiger partial charge in [-0.25, -0.2) is 9.97 Å². The number of hydrogen-bond acceptors (Lipinski definition) is 7. The van der Waals surface area contributed by atoms with Gasteiger partial charge in [-0.3, -0.25) is 4.98 Å². The highest BCUT2D eigenvalue weighted by atomic mass is 32.1. The van der Waals surface area contributed by atoms with Gasteiger partial charge >= 0.3 is 0 Å². The minimum atomic E-state index is 0.733. The number of pyridine rings is 1. The third-order valence-electron chi connectivity index (χ3n) is 5.81. The molecule has 1 N–H and O–H groups in total. The Morgan fingerprint density at radius 1 is 1.10 bits per heavy atom. The SMILES string of the molecule is c1cncc(-c2nc(NCCc3nnc4n3CCC4)c3c4c(sc3n2)CCC4)c1. The lowest BCUT2D eigenvalue weighted by Gasteiger charge is -2.10. The molecular weight excluding hydrogens is 382 g/mol. The summed E-state index contributed by atoms with van der Waals surface area (Å²) in [7, 11) is 0. The van der Waals surface area contributed by atoms with E-state index in [0.29, 0.717) is 0 Å². The molecule has 0 radical (unpaired) electrons. The van der Waals surface area contributed by atoms with Crippen molar-refractivity contribution in [2.75, 3.05) is 11.9 Å². The summed E-state index contributed by atoms with van der Waals surface area (Å²) in [6.07, 6.45) is 10.2. The van der Waals surface area contributed by atoms with Gasteiger partial charge in [-0.1, -0.05) is 0 Å². The van der Waals surface area contributed by atoms with Crippen LogP contribution in [0.15, 0.2) is 24.5 Å². The maximum atomic E-state index is 4.91. The maximum Gasteiger partial charge on any atom is 0.164 e. The Morgan fingerprint density at radius 2 is 2.10 bits per heavy atom. The summed E-state index contributed by atoms with van der Waals surface area (Å²) in [6.45, 7) is 1.82. The molecule has 146 valence electrons. The van der Waals surface area contributed by atoms with Crippen LogP contribution in [0.5, 0.6) is 0 Å². The third kappa shape index (κ3) is 2.90. The quantitative estimate of drug-likeness (QED) is 0.550. The first-order valence-corrected chi connectivity index (χ1v) is 11.1. The summed E-state index contributed by atoms with van der Waals surface area (Å²) in [5, 5.41) is 13.5. The smallest absolute Gasteiger partial charge is 0.164 e. The molecule has 0 fully saturated rings. The number of nitrogens with zero attached hydrogens (tertiary/aromatic N) is 6. The topological polar surface area (TPSA) is 81.4 Å². The van der Waals surface area contributed by atoms with Crippen LogP contribution < -0.4 is 5.32 Å². The molecule has 0 spiro atoms. The molecule has 0 aromatic carbocycles. The van der Waals surface area contributed by atoms with Crippen LogP contribution in [0, 0.1) is 0 Å². The number of hydrogen-bond donors (Lipinski definition) is 1. The molecule has 7 nitrogen and oxygen atoms in total. The van der Waals surface area contributed by atoms with Crippen LogP contribution in [0.1, 0.15) is 34.9 Å². The average Bonchev–Trinajstić information content (AvgIpc) is 3.50.